The topological polar surface area (TPSA) is 130 Å². The van der Waals surface area contributed by atoms with Crippen LogP contribution in [-0.4, -0.2) is 127 Å². The van der Waals surface area contributed by atoms with E-state index < -0.39 is 0 Å². The number of hydrogen-bond donors (Lipinski definition) is 0. The summed E-state index contributed by atoms with van der Waals surface area (Å²) in [6, 6.07) is 0. The van der Waals surface area contributed by atoms with Gasteiger partial charge in [-0.1, -0.05) is 27.7 Å². The number of esters is 2. The first-order valence-electron chi connectivity index (χ1n) is 14.2. The summed E-state index contributed by atoms with van der Waals surface area (Å²) < 4.78 is 32.3. The van der Waals surface area contributed by atoms with Crippen molar-refractivity contribution < 1.29 is 47.6 Å². The molecule has 0 bridgehead atoms. The van der Waals surface area contributed by atoms with Crippen molar-refractivity contribution in [1.29, 1.82) is 0 Å². The van der Waals surface area contributed by atoms with Crippen LogP contribution >= 0.6 is 0 Å². The predicted molar refractivity (Wildman–Crippen MR) is 146 cm³/mol. The van der Waals surface area contributed by atoms with Crippen molar-refractivity contribution in [3.05, 3.63) is 0 Å². The van der Waals surface area contributed by atoms with Crippen LogP contribution in [0, 0.1) is 23.7 Å². The molecule has 1 rings (SSSR count). The molecule has 232 valence electrons. The smallest absolute Gasteiger partial charge is 0.308 e. The highest BCUT2D eigenvalue weighted by molar-refractivity contribution is 5.80. The molecule has 2 amide bonds. The maximum atomic E-state index is 13.1. The lowest BCUT2D eigenvalue weighted by Crippen LogP contribution is -2.41. The number of methoxy groups -OCH3 is 2. The third kappa shape index (κ3) is 13.9. The van der Waals surface area contributed by atoms with Gasteiger partial charge in [0.05, 0.1) is 78.9 Å². The van der Waals surface area contributed by atoms with Crippen LogP contribution < -0.4 is 0 Å². The molecule has 0 aliphatic carbocycles. The SMILES string of the molecule is COC(=O)[C@H](C)C[C@H](C)C(=O)N1CCOCCOCCN(C(=O)[C@H](C)C[C@H](C)C(=O)OC)CCOCCOCC1. The average Bonchev–Trinajstić information content (AvgIpc) is 2.94. The number of ether oxygens (including phenoxy) is 6. The van der Waals surface area contributed by atoms with E-state index >= 15 is 0 Å². The summed E-state index contributed by atoms with van der Waals surface area (Å²) in [5, 5.41) is 0. The van der Waals surface area contributed by atoms with Crippen LogP contribution in [0.4, 0.5) is 0 Å². The summed E-state index contributed by atoms with van der Waals surface area (Å²) in [6.07, 6.45) is 0.794. The van der Waals surface area contributed by atoms with Crippen molar-refractivity contribution in [2.24, 2.45) is 23.7 Å². The lowest BCUT2D eigenvalue weighted by molar-refractivity contribution is -0.147. The second kappa shape index (κ2) is 20.6. The Kier molecular flexibility index (Phi) is 18.4. The summed E-state index contributed by atoms with van der Waals surface area (Å²) in [6.45, 7) is 11.4. The predicted octanol–water partition coefficient (Wildman–Crippen LogP) is 1.39. The normalized spacial score (nSPS) is 20.2. The molecule has 4 atom stereocenters. The van der Waals surface area contributed by atoms with Gasteiger partial charge in [-0.25, -0.2) is 0 Å². The summed E-state index contributed by atoms with van der Waals surface area (Å²) in [5.74, 6) is -2.24. The van der Waals surface area contributed by atoms with Gasteiger partial charge >= 0.3 is 11.9 Å². The van der Waals surface area contributed by atoms with E-state index in [0.29, 0.717) is 91.9 Å². The molecule has 1 fully saturated rings. The maximum absolute atomic E-state index is 13.1. The van der Waals surface area contributed by atoms with Crippen LogP contribution in [0.25, 0.3) is 0 Å². The van der Waals surface area contributed by atoms with E-state index in [2.05, 4.69) is 0 Å². The Hall–Kier alpha value is -2.28. The molecule has 1 heterocycles. The zero-order valence-corrected chi connectivity index (χ0v) is 25.2. The minimum Gasteiger partial charge on any atom is -0.469 e. The monoisotopic (exact) mass is 574 g/mol. The fourth-order valence-corrected chi connectivity index (χ4v) is 4.49. The third-order valence-corrected chi connectivity index (χ3v) is 6.85. The number of rotatable bonds is 8. The van der Waals surface area contributed by atoms with Gasteiger partial charge < -0.3 is 38.2 Å². The lowest BCUT2D eigenvalue weighted by atomic mass is 9.96. The molecule has 40 heavy (non-hydrogen) atoms. The van der Waals surface area contributed by atoms with Crippen LogP contribution in [0.5, 0.6) is 0 Å². The summed E-state index contributed by atoms with van der Waals surface area (Å²) >= 11 is 0. The van der Waals surface area contributed by atoms with E-state index in [0.717, 1.165) is 0 Å². The summed E-state index contributed by atoms with van der Waals surface area (Å²) in [5.41, 5.74) is 0. The Morgan fingerprint density at radius 2 is 0.800 bits per heavy atom. The molecule has 1 saturated heterocycles. The molecule has 12 heteroatoms. The maximum Gasteiger partial charge on any atom is 0.308 e. The van der Waals surface area contributed by atoms with Crippen molar-refractivity contribution >= 4 is 23.8 Å². The molecule has 1 aliphatic rings. The molecule has 0 spiro atoms. The fraction of sp³-hybridized carbons (Fsp3) is 0.857. The Balaban J connectivity index is 2.63. The Morgan fingerprint density at radius 1 is 0.525 bits per heavy atom. The van der Waals surface area contributed by atoms with Crippen LogP contribution in [0.2, 0.25) is 0 Å². The highest BCUT2D eigenvalue weighted by Gasteiger charge is 2.26. The van der Waals surface area contributed by atoms with Gasteiger partial charge in [0, 0.05) is 38.0 Å². The van der Waals surface area contributed by atoms with E-state index in [1.807, 2.05) is 13.8 Å². The molecular weight excluding hydrogens is 524 g/mol. The summed E-state index contributed by atoms with van der Waals surface area (Å²) in [4.78, 5) is 53.1. The second-order valence-corrected chi connectivity index (χ2v) is 10.2. The number of amides is 2. The van der Waals surface area contributed by atoms with Gasteiger partial charge in [0.25, 0.3) is 0 Å². The molecule has 0 saturated carbocycles. The number of carbonyl (C=O) groups excluding carboxylic acids is 4. The lowest BCUT2D eigenvalue weighted by Gasteiger charge is -2.27. The van der Waals surface area contributed by atoms with Gasteiger partial charge in [-0.15, -0.1) is 0 Å². The number of hydrogen-bond acceptors (Lipinski definition) is 10. The molecule has 0 unspecified atom stereocenters. The second-order valence-electron chi connectivity index (χ2n) is 10.2. The largest absolute Gasteiger partial charge is 0.469 e. The third-order valence-electron chi connectivity index (χ3n) is 6.85. The first kappa shape index (κ1) is 35.7. The van der Waals surface area contributed by atoms with Crippen LogP contribution in [0.1, 0.15) is 40.5 Å². The zero-order valence-electron chi connectivity index (χ0n) is 25.2. The van der Waals surface area contributed by atoms with Crippen molar-refractivity contribution in [3.63, 3.8) is 0 Å². The molecule has 0 aromatic rings. The Morgan fingerprint density at radius 3 is 1.05 bits per heavy atom. The highest BCUT2D eigenvalue weighted by Crippen LogP contribution is 2.17. The highest BCUT2D eigenvalue weighted by atomic mass is 16.5. The van der Waals surface area contributed by atoms with Gasteiger partial charge in [-0.2, -0.15) is 0 Å². The molecule has 0 aromatic carbocycles. The molecule has 0 aromatic heterocycles. The number of nitrogens with zero attached hydrogens (tertiary/aromatic N) is 2. The van der Waals surface area contributed by atoms with E-state index in [4.69, 9.17) is 28.4 Å². The average molecular weight is 575 g/mol. The van der Waals surface area contributed by atoms with Gasteiger partial charge in [0.15, 0.2) is 0 Å². The van der Waals surface area contributed by atoms with Gasteiger partial charge in [0.1, 0.15) is 0 Å². The quantitative estimate of drug-likeness (QED) is 0.392. The van der Waals surface area contributed by atoms with Gasteiger partial charge in [0.2, 0.25) is 11.8 Å². The van der Waals surface area contributed by atoms with Crippen LogP contribution in [0.3, 0.4) is 0 Å². The van der Waals surface area contributed by atoms with E-state index in [1.54, 1.807) is 23.6 Å². The molecule has 0 radical (unpaired) electrons. The fourth-order valence-electron chi connectivity index (χ4n) is 4.49. The molecular formula is C28H50N2O10. The van der Waals surface area contributed by atoms with Gasteiger partial charge in [-0.3, -0.25) is 19.2 Å². The van der Waals surface area contributed by atoms with Crippen LogP contribution in [0.15, 0.2) is 0 Å². The van der Waals surface area contributed by atoms with Crippen molar-refractivity contribution in [2.45, 2.75) is 40.5 Å². The molecule has 1 aliphatic heterocycles. The minimum atomic E-state index is -0.371. The first-order valence-corrected chi connectivity index (χ1v) is 14.2. The van der Waals surface area contributed by atoms with E-state index in [-0.39, 0.29) is 47.4 Å². The van der Waals surface area contributed by atoms with Crippen LogP contribution in [-0.2, 0) is 47.6 Å². The van der Waals surface area contributed by atoms with Crippen molar-refractivity contribution in [1.82, 2.24) is 9.80 Å². The standard InChI is InChI=1S/C28H50N2O10/c1-21(19-23(3)27(33)35-5)25(31)29-7-11-37-15-17-39-13-9-30(10-14-40-18-16-38-12-8-29)26(32)22(2)20-24(4)28(34)36-6/h21-24H,7-20H2,1-6H3/t21-,22+,23+,24-. The Labute approximate surface area is 238 Å². The van der Waals surface area contributed by atoms with E-state index in [9.17, 15) is 19.2 Å². The Bertz CT molecular complexity index is 683. The minimum absolute atomic E-state index is 0.0650. The van der Waals surface area contributed by atoms with Gasteiger partial charge in [-0.05, 0) is 12.8 Å². The van der Waals surface area contributed by atoms with E-state index in [1.165, 1.54) is 14.2 Å². The number of carbonyl (C=O) groups is 4. The van der Waals surface area contributed by atoms with Crippen molar-refractivity contribution in [2.75, 3.05) is 93.3 Å². The molecule has 12 nitrogen and oxygen atoms in total. The first-order chi connectivity index (χ1) is 19.1. The summed E-state index contributed by atoms with van der Waals surface area (Å²) in [7, 11) is 2.68. The van der Waals surface area contributed by atoms with Crippen molar-refractivity contribution in [3.8, 4) is 0 Å². The molecule has 0 N–H and O–H groups in total. The zero-order chi connectivity index (χ0) is 29.9.